The zero-order valence-electron chi connectivity index (χ0n) is 11.4. The lowest BCUT2D eigenvalue weighted by atomic mass is 9.96. The Balaban J connectivity index is 2.18. The van der Waals surface area contributed by atoms with E-state index in [1.807, 2.05) is 12.1 Å². The van der Waals surface area contributed by atoms with Crippen molar-refractivity contribution >= 4 is 54.2 Å². The van der Waals surface area contributed by atoms with Gasteiger partial charge in [-0.3, -0.25) is 0 Å². The van der Waals surface area contributed by atoms with Crippen LogP contribution in [0, 0.1) is 6.92 Å². The summed E-state index contributed by atoms with van der Waals surface area (Å²) in [7, 11) is 0. The summed E-state index contributed by atoms with van der Waals surface area (Å²) in [6.07, 6.45) is 0. The fourth-order valence-electron chi connectivity index (χ4n) is 2.57. The molecule has 0 fully saturated rings. The molecule has 0 heterocycles. The molecule has 0 aromatic heterocycles. The molecule has 1 atom stereocenters. The first kappa shape index (κ1) is 15.1. The third-order valence-corrected chi connectivity index (χ3v) is 5.59. The first-order valence-electron chi connectivity index (χ1n) is 6.65. The Morgan fingerprint density at radius 2 is 1.57 bits per heavy atom. The number of rotatable bonds is 2. The second kappa shape index (κ2) is 6.12. The highest BCUT2D eigenvalue weighted by Crippen LogP contribution is 2.39. The molecular formula is C18H13Br2Cl. The van der Waals surface area contributed by atoms with Gasteiger partial charge in [0.25, 0.3) is 0 Å². The van der Waals surface area contributed by atoms with Crippen molar-refractivity contribution in [3.05, 3.63) is 80.8 Å². The van der Waals surface area contributed by atoms with Crippen LogP contribution in [0.3, 0.4) is 0 Å². The molecule has 3 aromatic carbocycles. The minimum Gasteiger partial charge on any atom is -0.0843 e. The second-order valence-corrected chi connectivity index (χ2v) is 7.25. The molecule has 0 aliphatic carbocycles. The highest BCUT2D eigenvalue weighted by atomic mass is 79.9. The minimum atomic E-state index is 0.120. The fourth-order valence-corrected chi connectivity index (χ4v) is 4.59. The van der Waals surface area contributed by atoms with Gasteiger partial charge in [0.15, 0.2) is 0 Å². The van der Waals surface area contributed by atoms with E-state index in [4.69, 9.17) is 11.6 Å². The summed E-state index contributed by atoms with van der Waals surface area (Å²) in [5, 5.41) is 3.31. The molecule has 1 unspecified atom stereocenters. The van der Waals surface area contributed by atoms with E-state index in [0.717, 1.165) is 9.50 Å². The van der Waals surface area contributed by atoms with Gasteiger partial charge >= 0.3 is 0 Å². The van der Waals surface area contributed by atoms with Gasteiger partial charge in [0.1, 0.15) is 0 Å². The summed E-state index contributed by atoms with van der Waals surface area (Å²) in [4.78, 5) is 0.120. The van der Waals surface area contributed by atoms with Gasteiger partial charge < -0.3 is 0 Å². The van der Waals surface area contributed by atoms with Crippen molar-refractivity contribution in [1.82, 2.24) is 0 Å². The standard InChI is InChI=1S/C18H13Br2Cl/c1-11-6-8-15(14-5-3-2-4-13(11)14)18(20)16-9-7-12(21)10-17(16)19/h2-10,18H,1H3. The molecule has 3 heteroatoms. The number of benzene rings is 3. The van der Waals surface area contributed by atoms with E-state index >= 15 is 0 Å². The van der Waals surface area contributed by atoms with Crippen LogP contribution in [0.4, 0.5) is 0 Å². The van der Waals surface area contributed by atoms with Gasteiger partial charge in [0.05, 0.1) is 4.83 Å². The van der Waals surface area contributed by atoms with Crippen LogP contribution in [0.25, 0.3) is 10.8 Å². The molecule has 0 spiro atoms. The van der Waals surface area contributed by atoms with E-state index in [1.165, 1.54) is 27.5 Å². The Kier molecular flexibility index (Phi) is 4.39. The van der Waals surface area contributed by atoms with Crippen LogP contribution in [-0.2, 0) is 0 Å². The molecule has 0 radical (unpaired) electrons. The van der Waals surface area contributed by atoms with E-state index in [0.29, 0.717) is 0 Å². The van der Waals surface area contributed by atoms with Crippen molar-refractivity contribution in [3.63, 3.8) is 0 Å². The topological polar surface area (TPSA) is 0 Å². The number of hydrogen-bond acceptors (Lipinski definition) is 0. The molecular weight excluding hydrogens is 411 g/mol. The predicted molar refractivity (Wildman–Crippen MR) is 98.6 cm³/mol. The zero-order chi connectivity index (χ0) is 15.0. The van der Waals surface area contributed by atoms with E-state index in [1.54, 1.807) is 0 Å². The summed E-state index contributed by atoms with van der Waals surface area (Å²) in [6, 6.07) is 18.8. The lowest BCUT2D eigenvalue weighted by Crippen LogP contribution is -1.96. The molecule has 0 saturated carbocycles. The first-order valence-corrected chi connectivity index (χ1v) is 8.74. The third-order valence-electron chi connectivity index (χ3n) is 3.68. The SMILES string of the molecule is Cc1ccc(C(Br)c2ccc(Cl)cc2Br)c2ccccc12. The summed E-state index contributed by atoms with van der Waals surface area (Å²) >= 11 is 13.5. The van der Waals surface area contributed by atoms with Crippen molar-refractivity contribution in [1.29, 1.82) is 0 Å². The molecule has 0 nitrogen and oxygen atoms in total. The van der Waals surface area contributed by atoms with Crippen LogP contribution in [0.2, 0.25) is 5.02 Å². The molecule has 0 aliphatic rings. The molecule has 0 aliphatic heterocycles. The van der Waals surface area contributed by atoms with E-state index in [9.17, 15) is 0 Å². The van der Waals surface area contributed by atoms with Crippen LogP contribution < -0.4 is 0 Å². The lowest BCUT2D eigenvalue weighted by Gasteiger charge is -2.16. The van der Waals surface area contributed by atoms with Gasteiger partial charge in [0.2, 0.25) is 0 Å². The zero-order valence-corrected chi connectivity index (χ0v) is 15.3. The van der Waals surface area contributed by atoms with E-state index in [2.05, 4.69) is 81.2 Å². The molecule has 0 bridgehead atoms. The van der Waals surface area contributed by atoms with Crippen molar-refractivity contribution in [2.45, 2.75) is 11.8 Å². The second-order valence-electron chi connectivity index (χ2n) is 5.05. The Labute approximate surface area is 146 Å². The largest absolute Gasteiger partial charge is 0.0843 e. The Bertz CT molecular complexity index is 811. The predicted octanol–water partition coefficient (Wildman–Crippen LogP) is 7.05. The highest BCUT2D eigenvalue weighted by Gasteiger charge is 2.16. The third kappa shape index (κ3) is 2.90. The van der Waals surface area contributed by atoms with Gasteiger partial charge in [-0.1, -0.05) is 85.9 Å². The first-order chi connectivity index (χ1) is 10.1. The molecule has 106 valence electrons. The smallest absolute Gasteiger partial charge is 0.0661 e. The van der Waals surface area contributed by atoms with Crippen molar-refractivity contribution in [3.8, 4) is 0 Å². The number of halogens is 3. The lowest BCUT2D eigenvalue weighted by molar-refractivity contribution is 1.18. The average molecular weight is 425 g/mol. The van der Waals surface area contributed by atoms with Crippen molar-refractivity contribution < 1.29 is 0 Å². The molecule has 21 heavy (non-hydrogen) atoms. The minimum absolute atomic E-state index is 0.120. The van der Waals surface area contributed by atoms with Gasteiger partial charge in [-0.15, -0.1) is 0 Å². The Morgan fingerprint density at radius 1 is 0.905 bits per heavy atom. The van der Waals surface area contributed by atoms with Gasteiger partial charge in [-0.05, 0) is 46.5 Å². The summed E-state index contributed by atoms with van der Waals surface area (Å²) in [5.74, 6) is 0. The quantitative estimate of drug-likeness (QED) is 0.387. The fraction of sp³-hybridized carbons (Fsp3) is 0.111. The van der Waals surface area contributed by atoms with Gasteiger partial charge in [-0.25, -0.2) is 0 Å². The maximum absolute atomic E-state index is 6.04. The maximum atomic E-state index is 6.04. The average Bonchev–Trinajstić information content (AvgIpc) is 2.47. The van der Waals surface area contributed by atoms with Gasteiger partial charge in [0, 0.05) is 9.50 Å². The molecule has 0 saturated heterocycles. The maximum Gasteiger partial charge on any atom is 0.0661 e. The van der Waals surface area contributed by atoms with E-state index in [-0.39, 0.29) is 4.83 Å². The number of fused-ring (bicyclic) bond motifs is 1. The van der Waals surface area contributed by atoms with Crippen LogP contribution in [0.5, 0.6) is 0 Å². The molecule has 3 rings (SSSR count). The van der Waals surface area contributed by atoms with Crippen molar-refractivity contribution in [2.24, 2.45) is 0 Å². The van der Waals surface area contributed by atoms with Crippen LogP contribution in [-0.4, -0.2) is 0 Å². The Hall–Kier alpha value is -0.830. The molecule has 0 amide bonds. The molecule has 3 aromatic rings. The monoisotopic (exact) mass is 422 g/mol. The number of hydrogen-bond donors (Lipinski definition) is 0. The summed E-state index contributed by atoms with van der Waals surface area (Å²) < 4.78 is 1.02. The van der Waals surface area contributed by atoms with Crippen LogP contribution >= 0.6 is 43.5 Å². The summed E-state index contributed by atoms with van der Waals surface area (Å²) in [5.41, 5.74) is 3.73. The van der Waals surface area contributed by atoms with Crippen LogP contribution in [0.15, 0.2) is 59.1 Å². The summed E-state index contributed by atoms with van der Waals surface area (Å²) in [6.45, 7) is 2.15. The van der Waals surface area contributed by atoms with E-state index < -0.39 is 0 Å². The number of aryl methyl sites for hydroxylation is 1. The number of alkyl halides is 1. The Morgan fingerprint density at radius 3 is 2.29 bits per heavy atom. The normalized spacial score (nSPS) is 12.6. The highest BCUT2D eigenvalue weighted by molar-refractivity contribution is 9.11. The van der Waals surface area contributed by atoms with Gasteiger partial charge in [-0.2, -0.15) is 0 Å². The van der Waals surface area contributed by atoms with Crippen LogP contribution in [0.1, 0.15) is 21.5 Å². The van der Waals surface area contributed by atoms with Crippen molar-refractivity contribution in [2.75, 3.05) is 0 Å². The molecule has 0 N–H and O–H groups in total.